The van der Waals surface area contributed by atoms with Crippen molar-refractivity contribution in [3.63, 3.8) is 0 Å². The highest BCUT2D eigenvalue weighted by Crippen LogP contribution is 2.47. The third kappa shape index (κ3) is 29.1. The van der Waals surface area contributed by atoms with Crippen LogP contribution in [0.1, 0.15) is 142 Å². The molecule has 348 valence electrons. The van der Waals surface area contributed by atoms with Gasteiger partial charge >= 0.3 is 19.8 Å². The van der Waals surface area contributed by atoms with Gasteiger partial charge in [0.1, 0.15) is 43.2 Å². The van der Waals surface area contributed by atoms with Crippen molar-refractivity contribution in [2.45, 2.75) is 185 Å². The Kier molecular flexibility index (Phi) is 33.5. The number of rotatable bonds is 35. The summed E-state index contributed by atoms with van der Waals surface area (Å²) >= 11 is 0. The number of phosphoric ester groups is 1. The second kappa shape index (κ2) is 36.5. The molecule has 0 saturated heterocycles. The number of ether oxygens (including phenoxy) is 2. The summed E-state index contributed by atoms with van der Waals surface area (Å²) in [5, 5.41) is 50.1. The van der Waals surface area contributed by atoms with Crippen LogP contribution in [0.3, 0.4) is 0 Å². The van der Waals surface area contributed by atoms with Gasteiger partial charge in [-0.2, -0.15) is 0 Å². The summed E-state index contributed by atoms with van der Waals surface area (Å²) in [5.74, 6) is -1.15. The van der Waals surface area contributed by atoms with Crippen LogP contribution in [0.15, 0.2) is 85.1 Å². The second-order valence-corrected chi connectivity index (χ2v) is 16.6. The second-order valence-electron chi connectivity index (χ2n) is 15.2. The van der Waals surface area contributed by atoms with Crippen LogP contribution in [-0.4, -0.2) is 98.3 Å². The molecule has 0 aromatic rings. The van der Waals surface area contributed by atoms with E-state index in [9.17, 15) is 44.6 Å². The summed E-state index contributed by atoms with van der Waals surface area (Å²) in [5.41, 5.74) is 0. The van der Waals surface area contributed by atoms with Crippen LogP contribution in [0.2, 0.25) is 0 Å². The topological polar surface area (TPSA) is 210 Å². The number of hydrogen-bond donors (Lipinski definition) is 6. The minimum Gasteiger partial charge on any atom is -0.462 e. The maximum Gasteiger partial charge on any atom is 0.472 e. The van der Waals surface area contributed by atoms with Crippen molar-refractivity contribution in [1.82, 2.24) is 0 Å². The van der Waals surface area contributed by atoms with E-state index in [1.165, 1.54) is 0 Å². The Labute approximate surface area is 365 Å². The lowest BCUT2D eigenvalue weighted by atomic mass is 9.85. The molecule has 1 rings (SSSR count). The SMILES string of the molecule is CC/C=C/C=C/C=C/CCCCCCCC(=O)OC(COC(=O)CCCCCCCC/C=C/C/C=C/C/C=C/C/C=C/CC)COP(=O)(O)OC1C(O)C(O)C(O)[C@H](O)C1O. The zero-order chi connectivity index (χ0) is 45.0. The molecule has 13 nitrogen and oxygen atoms in total. The van der Waals surface area contributed by atoms with E-state index in [0.717, 1.165) is 103 Å². The molecule has 1 fully saturated rings. The molecule has 14 heteroatoms. The van der Waals surface area contributed by atoms with Crippen molar-refractivity contribution in [2.24, 2.45) is 0 Å². The van der Waals surface area contributed by atoms with Crippen LogP contribution in [0.25, 0.3) is 0 Å². The van der Waals surface area contributed by atoms with Crippen molar-refractivity contribution in [2.75, 3.05) is 13.2 Å². The summed E-state index contributed by atoms with van der Waals surface area (Å²) in [4.78, 5) is 35.7. The van der Waals surface area contributed by atoms with Crippen molar-refractivity contribution < 1.29 is 63.1 Å². The van der Waals surface area contributed by atoms with Crippen LogP contribution >= 0.6 is 7.82 Å². The zero-order valence-electron chi connectivity index (χ0n) is 36.7. The van der Waals surface area contributed by atoms with E-state index in [1.807, 2.05) is 24.3 Å². The number of carbonyl (C=O) groups excluding carboxylic acids is 2. The molecular weight excluding hydrogens is 803 g/mol. The number of carbonyl (C=O) groups is 2. The molecule has 0 heterocycles. The minimum absolute atomic E-state index is 0.0652. The first kappa shape index (κ1) is 56.0. The molecule has 7 unspecified atom stereocenters. The van der Waals surface area contributed by atoms with E-state index in [0.29, 0.717) is 12.8 Å². The Hall–Kier alpha value is -2.97. The molecule has 1 aliphatic rings. The summed E-state index contributed by atoms with van der Waals surface area (Å²) < 4.78 is 33.5. The van der Waals surface area contributed by atoms with Gasteiger partial charge in [0.2, 0.25) is 0 Å². The summed E-state index contributed by atoms with van der Waals surface area (Å²) in [6.45, 7) is 3.00. The molecule has 0 spiro atoms. The average molecular weight is 881 g/mol. The Morgan fingerprint density at radius 3 is 1.52 bits per heavy atom. The van der Waals surface area contributed by atoms with Gasteiger partial charge < -0.3 is 39.9 Å². The number of aliphatic hydroxyl groups is 5. The fraction of sp³-hybridized carbons (Fsp3) is 0.660. The number of esters is 2. The van der Waals surface area contributed by atoms with Crippen molar-refractivity contribution in [1.29, 1.82) is 0 Å². The molecule has 0 aliphatic heterocycles. The smallest absolute Gasteiger partial charge is 0.462 e. The lowest BCUT2D eigenvalue weighted by Crippen LogP contribution is -2.64. The normalized spacial score (nSPS) is 22.8. The predicted molar refractivity (Wildman–Crippen MR) is 239 cm³/mol. The van der Waals surface area contributed by atoms with Crippen LogP contribution < -0.4 is 0 Å². The fourth-order valence-electron chi connectivity index (χ4n) is 6.22. The van der Waals surface area contributed by atoms with Gasteiger partial charge in [0.15, 0.2) is 6.10 Å². The quantitative estimate of drug-likeness (QED) is 0.0116. The molecular formula is C47H77O13P. The molecule has 0 aromatic carbocycles. The third-order valence-electron chi connectivity index (χ3n) is 9.79. The van der Waals surface area contributed by atoms with Crippen LogP contribution in [-0.2, 0) is 32.7 Å². The first-order valence-corrected chi connectivity index (χ1v) is 23.9. The summed E-state index contributed by atoms with van der Waals surface area (Å²) in [6.07, 6.45) is 33.5. The van der Waals surface area contributed by atoms with Gasteiger partial charge in [-0.25, -0.2) is 4.57 Å². The molecule has 61 heavy (non-hydrogen) atoms. The van der Waals surface area contributed by atoms with Crippen molar-refractivity contribution in [3.05, 3.63) is 85.1 Å². The maximum absolute atomic E-state index is 12.8. The average Bonchev–Trinajstić information content (AvgIpc) is 3.24. The molecule has 6 N–H and O–H groups in total. The van der Waals surface area contributed by atoms with Crippen LogP contribution in [0.5, 0.6) is 0 Å². The van der Waals surface area contributed by atoms with Gasteiger partial charge in [-0.05, 0) is 70.6 Å². The lowest BCUT2D eigenvalue weighted by molar-refractivity contribution is -0.220. The van der Waals surface area contributed by atoms with E-state index in [-0.39, 0.29) is 12.8 Å². The van der Waals surface area contributed by atoms with E-state index in [2.05, 4.69) is 74.6 Å². The molecule has 0 radical (unpaired) electrons. The van der Waals surface area contributed by atoms with Gasteiger partial charge in [0.25, 0.3) is 0 Å². The fourth-order valence-corrected chi connectivity index (χ4v) is 7.19. The van der Waals surface area contributed by atoms with E-state index in [4.69, 9.17) is 18.5 Å². The number of hydrogen-bond acceptors (Lipinski definition) is 12. The highest BCUT2D eigenvalue weighted by atomic mass is 31.2. The summed E-state index contributed by atoms with van der Waals surface area (Å²) in [7, 11) is -5.13. The zero-order valence-corrected chi connectivity index (χ0v) is 37.6. The number of aliphatic hydroxyl groups excluding tert-OH is 5. The number of allylic oxidation sites excluding steroid dienone is 14. The van der Waals surface area contributed by atoms with E-state index < -0.39 is 75.7 Å². The van der Waals surface area contributed by atoms with Crippen LogP contribution in [0, 0.1) is 0 Å². The largest absolute Gasteiger partial charge is 0.472 e. The number of phosphoric acid groups is 1. The van der Waals surface area contributed by atoms with Gasteiger partial charge in [0, 0.05) is 12.8 Å². The highest BCUT2D eigenvalue weighted by Gasteiger charge is 2.51. The lowest BCUT2D eigenvalue weighted by Gasteiger charge is -2.41. The Morgan fingerprint density at radius 2 is 0.967 bits per heavy atom. The molecule has 1 aliphatic carbocycles. The maximum atomic E-state index is 12.8. The van der Waals surface area contributed by atoms with Gasteiger partial charge in [0.05, 0.1) is 6.61 Å². The van der Waals surface area contributed by atoms with Crippen molar-refractivity contribution >= 4 is 19.8 Å². The van der Waals surface area contributed by atoms with Gasteiger partial charge in [-0.1, -0.05) is 144 Å². The van der Waals surface area contributed by atoms with Crippen LogP contribution in [0.4, 0.5) is 0 Å². The first-order chi connectivity index (χ1) is 29.4. The molecule has 8 atom stereocenters. The summed E-state index contributed by atoms with van der Waals surface area (Å²) in [6, 6.07) is 0. The van der Waals surface area contributed by atoms with Crippen molar-refractivity contribution in [3.8, 4) is 0 Å². The minimum atomic E-state index is -5.13. The molecule has 1 saturated carbocycles. The standard InChI is InChI=1S/C47H77O13P/c1-3-5-7-9-11-13-15-17-18-19-20-21-22-24-25-27-29-31-33-35-40(48)57-37-39(38-58-61(55,56)60-47-45(53)43(51)42(50)44(52)46(47)54)59-41(49)36-34-32-30-28-26-23-16-14-12-10-8-6-4-2/h5-8,10-14,16-18,20-21,39,42-47,50-54H,3-4,9,15,19,22-38H2,1-2H3,(H,55,56)/b7-5+,8-6+,12-10+,13-11+,16-14+,18-17+,21-20+/t39?,42?,43-,44?,45?,46?,47?/m0/s1. The molecule has 0 aromatic heterocycles. The molecule has 0 amide bonds. The highest BCUT2D eigenvalue weighted by molar-refractivity contribution is 7.47. The monoisotopic (exact) mass is 881 g/mol. The van der Waals surface area contributed by atoms with Gasteiger partial charge in [-0.3, -0.25) is 18.6 Å². The Morgan fingerprint density at radius 1 is 0.525 bits per heavy atom. The Balaban J connectivity index is 2.48. The predicted octanol–water partition coefficient (Wildman–Crippen LogP) is 8.50. The van der Waals surface area contributed by atoms with Gasteiger partial charge in [-0.15, -0.1) is 0 Å². The third-order valence-corrected chi connectivity index (χ3v) is 10.8. The number of unbranched alkanes of at least 4 members (excludes halogenated alkanes) is 11. The Bertz CT molecular complexity index is 1390. The first-order valence-electron chi connectivity index (χ1n) is 22.4. The van der Waals surface area contributed by atoms with E-state index in [1.54, 1.807) is 0 Å². The molecule has 0 bridgehead atoms. The van der Waals surface area contributed by atoms with E-state index >= 15 is 0 Å².